The second-order valence-electron chi connectivity index (χ2n) is 4.34. The summed E-state index contributed by atoms with van der Waals surface area (Å²) >= 11 is 0. The lowest BCUT2D eigenvalue weighted by molar-refractivity contribution is -0.137. The first-order chi connectivity index (χ1) is 9.08. The van der Waals surface area contributed by atoms with Crippen LogP contribution >= 0.6 is 0 Å². The summed E-state index contributed by atoms with van der Waals surface area (Å²) < 4.78 is 0. The molecular formula is C13H15N3O3. The van der Waals surface area contributed by atoms with Gasteiger partial charge in [0.1, 0.15) is 0 Å². The van der Waals surface area contributed by atoms with Gasteiger partial charge in [0.05, 0.1) is 19.0 Å². The van der Waals surface area contributed by atoms with Gasteiger partial charge >= 0.3 is 0 Å². The van der Waals surface area contributed by atoms with Crippen molar-refractivity contribution < 1.29 is 14.4 Å². The molecule has 1 atom stereocenters. The summed E-state index contributed by atoms with van der Waals surface area (Å²) in [5.74, 6) is -0.774. The predicted molar refractivity (Wildman–Crippen MR) is 69.3 cm³/mol. The van der Waals surface area contributed by atoms with Crippen LogP contribution in [0.15, 0.2) is 30.3 Å². The summed E-state index contributed by atoms with van der Waals surface area (Å²) in [5, 5.41) is 5.48. The lowest BCUT2D eigenvalue weighted by Gasteiger charge is -2.11. The van der Waals surface area contributed by atoms with E-state index in [2.05, 4.69) is 10.6 Å². The molecule has 0 saturated carbocycles. The lowest BCUT2D eigenvalue weighted by atomic mass is 10.2. The van der Waals surface area contributed by atoms with Crippen LogP contribution in [0.1, 0.15) is 6.42 Å². The largest absolute Gasteiger partial charge is 0.325 e. The minimum Gasteiger partial charge on any atom is -0.325 e. The Hall–Kier alpha value is -2.21. The number of amides is 3. The van der Waals surface area contributed by atoms with Crippen molar-refractivity contribution in [1.29, 1.82) is 0 Å². The average Bonchev–Trinajstić information content (AvgIpc) is 2.65. The van der Waals surface area contributed by atoms with Gasteiger partial charge in [0.2, 0.25) is 17.7 Å². The van der Waals surface area contributed by atoms with E-state index < -0.39 is 6.04 Å². The van der Waals surface area contributed by atoms with Crippen LogP contribution in [0, 0.1) is 0 Å². The molecule has 1 aromatic carbocycles. The van der Waals surface area contributed by atoms with Gasteiger partial charge in [-0.2, -0.15) is 0 Å². The predicted octanol–water partition coefficient (Wildman–Crippen LogP) is -0.0280. The molecule has 0 radical (unpaired) electrons. The summed E-state index contributed by atoms with van der Waals surface area (Å²) in [4.78, 5) is 35.6. The minimum absolute atomic E-state index is 0.00752. The van der Waals surface area contributed by atoms with Gasteiger partial charge in [-0.25, -0.2) is 0 Å². The molecule has 1 fully saturated rings. The molecule has 0 aromatic heterocycles. The number of likely N-dealkylation sites (N-methyl/N-ethyl adjacent to an activating group) is 1. The van der Waals surface area contributed by atoms with E-state index in [9.17, 15) is 14.4 Å². The van der Waals surface area contributed by atoms with E-state index in [0.717, 1.165) is 4.90 Å². The zero-order valence-corrected chi connectivity index (χ0v) is 10.6. The van der Waals surface area contributed by atoms with Gasteiger partial charge in [-0.05, 0) is 12.1 Å². The van der Waals surface area contributed by atoms with Gasteiger partial charge < -0.3 is 5.32 Å². The van der Waals surface area contributed by atoms with Crippen molar-refractivity contribution in [3.8, 4) is 0 Å². The van der Waals surface area contributed by atoms with Crippen molar-refractivity contribution >= 4 is 23.4 Å². The SMILES string of the molecule is CN1C(=O)CC(NCC(=O)Nc2ccccc2)C1=O. The van der Waals surface area contributed by atoms with Crippen molar-refractivity contribution in [1.82, 2.24) is 10.2 Å². The van der Waals surface area contributed by atoms with E-state index >= 15 is 0 Å². The number of anilines is 1. The minimum atomic E-state index is -0.598. The van der Waals surface area contributed by atoms with Gasteiger partial charge in [-0.3, -0.25) is 24.6 Å². The average molecular weight is 261 g/mol. The van der Waals surface area contributed by atoms with Crippen molar-refractivity contribution in [2.75, 3.05) is 18.9 Å². The number of para-hydroxylation sites is 1. The molecule has 0 aliphatic carbocycles. The van der Waals surface area contributed by atoms with Crippen LogP contribution < -0.4 is 10.6 Å². The Kier molecular flexibility index (Phi) is 3.91. The molecule has 1 heterocycles. The van der Waals surface area contributed by atoms with Crippen LogP contribution in [0.3, 0.4) is 0 Å². The monoisotopic (exact) mass is 261 g/mol. The number of rotatable bonds is 4. The number of carbonyl (C=O) groups is 3. The normalized spacial score (nSPS) is 18.8. The fourth-order valence-corrected chi connectivity index (χ4v) is 1.86. The Morgan fingerprint density at radius 2 is 2.00 bits per heavy atom. The second-order valence-corrected chi connectivity index (χ2v) is 4.34. The molecular weight excluding hydrogens is 246 g/mol. The van der Waals surface area contributed by atoms with Crippen molar-refractivity contribution in [2.45, 2.75) is 12.5 Å². The Morgan fingerprint density at radius 3 is 2.58 bits per heavy atom. The maximum atomic E-state index is 11.7. The summed E-state index contributed by atoms with van der Waals surface area (Å²) in [6.45, 7) is -0.00752. The van der Waals surface area contributed by atoms with Crippen molar-refractivity contribution in [3.63, 3.8) is 0 Å². The van der Waals surface area contributed by atoms with Gasteiger partial charge in [0, 0.05) is 12.7 Å². The van der Waals surface area contributed by atoms with Crippen LogP contribution in [-0.2, 0) is 14.4 Å². The zero-order valence-electron chi connectivity index (χ0n) is 10.6. The Bertz CT molecular complexity index is 501. The molecule has 0 bridgehead atoms. The van der Waals surface area contributed by atoms with E-state index in [-0.39, 0.29) is 30.7 Å². The number of benzene rings is 1. The Morgan fingerprint density at radius 1 is 1.32 bits per heavy atom. The highest BCUT2D eigenvalue weighted by atomic mass is 16.2. The van der Waals surface area contributed by atoms with Crippen molar-refractivity contribution in [3.05, 3.63) is 30.3 Å². The van der Waals surface area contributed by atoms with E-state index in [1.807, 2.05) is 18.2 Å². The fourth-order valence-electron chi connectivity index (χ4n) is 1.86. The van der Waals surface area contributed by atoms with E-state index in [1.165, 1.54) is 7.05 Å². The quantitative estimate of drug-likeness (QED) is 0.746. The van der Waals surface area contributed by atoms with Gasteiger partial charge in [-0.1, -0.05) is 18.2 Å². The highest BCUT2D eigenvalue weighted by molar-refractivity contribution is 6.05. The van der Waals surface area contributed by atoms with Crippen molar-refractivity contribution in [2.24, 2.45) is 0 Å². The molecule has 6 nitrogen and oxygen atoms in total. The number of nitrogens with zero attached hydrogens (tertiary/aromatic N) is 1. The molecule has 2 N–H and O–H groups in total. The van der Waals surface area contributed by atoms with E-state index in [4.69, 9.17) is 0 Å². The first-order valence-electron chi connectivity index (χ1n) is 5.96. The summed E-state index contributed by atoms with van der Waals surface area (Å²) in [6.07, 6.45) is 0.105. The molecule has 6 heteroatoms. The fraction of sp³-hybridized carbons (Fsp3) is 0.308. The molecule has 3 amide bonds. The maximum absolute atomic E-state index is 11.7. The highest BCUT2D eigenvalue weighted by Gasteiger charge is 2.35. The number of nitrogens with one attached hydrogen (secondary N) is 2. The van der Waals surface area contributed by atoms with Crippen LogP contribution in [0.4, 0.5) is 5.69 Å². The molecule has 2 rings (SSSR count). The third-order valence-electron chi connectivity index (χ3n) is 2.95. The Balaban J connectivity index is 1.82. The number of hydrogen-bond acceptors (Lipinski definition) is 4. The first-order valence-corrected chi connectivity index (χ1v) is 5.96. The lowest BCUT2D eigenvalue weighted by Crippen LogP contribution is -2.41. The smallest absolute Gasteiger partial charge is 0.246 e. The van der Waals surface area contributed by atoms with Crippen LogP contribution in [0.2, 0.25) is 0 Å². The van der Waals surface area contributed by atoms with Crippen LogP contribution in [0.25, 0.3) is 0 Å². The number of likely N-dealkylation sites (tertiary alicyclic amines) is 1. The summed E-state index contributed by atoms with van der Waals surface area (Å²) in [7, 11) is 1.44. The van der Waals surface area contributed by atoms with Gasteiger partial charge in [0.25, 0.3) is 0 Å². The topological polar surface area (TPSA) is 78.5 Å². The van der Waals surface area contributed by atoms with Crippen LogP contribution in [-0.4, -0.2) is 42.3 Å². The summed E-state index contributed by atoms with van der Waals surface area (Å²) in [6, 6.07) is 8.44. The van der Waals surface area contributed by atoms with E-state index in [0.29, 0.717) is 5.69 Å². The molecule has 1 unspecified atom stereocenters. The molecule has 1 saturated heterocycles. The number of carbonyl (C=O) groups excluding carboxylic acids is 3. The molecule has 1 aliphatic heterocycles. The second kappa shape index (κ2) is 5.62. The highest BCUT2D eigenvalue weighted by Crippen LogP contribution is 2.10. The Labute approximate surface area is 110 Å². The molecule has 19 heavy (non-hydrogen) atoms. The zero-order chi connectivity index (χ0) is 13.8. The summed E-state index contributed by atoms with van der Waals surface area (Å²) in [5.41, 5.74) is 0.695. The van der Waals surface area contributed by atoms with E-state index in [1.54, 1.807) is 12.1 Å². The van der Waals surface area contributed by atoms with Gasteiger partial charge in [-0.15, -0.1) is 0 Å². The maximum Gasteiger partial charge on any atom is 0.246 e. The molecule has 1 aliphatic rings. The van der Waals surface area contributed by atoms with Crippen LogP contribution in [0.5, 0.6) is 0 Å². The first kappa shape index (κ1) is 13.2. The molecule has 1 aromatic rings. The standard InChI is InChI=1S/C13H15N3O3/c1-16-12(18)7-10(13(16)19)14-8-11(17)15-9-5-3-2-4-6-9/h2-6,10,14H,7-8H2,1H3,(H,15,17). The van der Waals surface area contributed by atoms with Gasteiger partial charge in [0.15, 0.2) is 0 Å². The third-order valence-corrected chi connectivity index (χ3v) is 2.95. The number of hydrogen-bond donors (Lipinski definition) is 2. The third kappa shape index (κ3) is 3.17. The molecule has 0 spiro atoms. The molecule has 100 valence electrons. The number of imide groups is 1.